The number of hydrogen-bond donors (Lipinski definition) is 3. The van der Waals surface area contributed by atoms with E-state index in [2.05, 4.69) is 15.6 Å². The van der Waals surface area contributed by atoms with Gasteiger partial charge in [-0.05, 0) is 59.9 Å². The maximum Gasteiger partial charge on any atom is 0.326 e. The van der Waals surface area contributed by atoms with Crippen LogP contribution in [0.15, 0.2) is 66.7 Å². The van der Waals surface area contributed by atoms with Gasteiger partial charge >= 0.3 is 5.97 Å². The summed E-state index contributed by atoms with van der Waals surface area (Å²) in [7, 11) is 1.49. The van der Waals surface area contributed by atoms with Gasteiger partial charge in [-0.2, -0.15) is 0 Å². The van der Waals surface area contributed by atoms with Crippen LogP contribution in [0.5, 0.6) is 5.75 Å². The van der Waals surface area contributed by atoms with Gasteiger partial charge in [0.15, 0.2) is 5.13 Å². The SMILES string of the molecule is COc1cc(-c2ccc(Nc3nc4ccccc4s3)cc2)ccc1C(=O)N[C@@H](CC(C)C)C(=O)O. The summed E-state index contributed by atoms with van der Waals surface area (Å²) in [4.78, 5) is 28.9. The fraction of sp³-hybridized carbons (Fsp3) is 0.222. The van der Waals surface area contributed by atoms with Crippen LogP contribution in [0.3, 0.4) is 0 Å². The quantitative estimate of drug-likeness (QED) is 0.269. The topological polar surface area (TPSA) is 101 Å². The van der Waals surface area contributed by atoms with Crippen LogP contribution < -0.4 is 15.4 Å². The largest absolute Gasteiger partial charge is 0.496 e. The molecule has 1 amide bonds. The normalized spacial score (nSPS) is 11.9. The lowest BCUT2D eigenvalue weighted by molar-refractivity contribution is -0.139. The van der Waals surface area contributed by atoms with E-state index in [0.717, 1.165) is 32.2 Å². The van der Waals surface area contributed by atoms with Gasteiger partial charge in [-0.3, -0.25) is 4.79 Å². The first-order valence-electron chi connectivity index (χ1n) is 11.3. The number of methoxy groups -OCH3 is 1. The standard InChI is InChI=1S/C27H27N3O4S/c1-16(2)14-22(26(32)33)29-25(31)20-13-10-18(15-23(20)34-3)17-8-11-19(12-9-17)28-27-30-21-6-4-5-7-24(21)35-27/h4-13,15-16,22H,14H2,1-3H3,(H,28,30)(H,29,31)(H,32,33)/t22-/m0/s1. The summed E-state index contributed by atoms with van der Waals surface area (Å²) in [6.07, 6.45) is 0.346. The number of amides is 1. The number of carboxylic acids is 1. The van der Waals surface area contributed by atoms with Gasteiger partial charge in [0.1, 0.15) is 11.8 Å². The number of hydrogen-bond acceptors (Lipinski definition) is 6. The summed E-state index contributed by atoms with van der Waals surface area (Å²) >= 11 is 1.60. The number of anilines is 2. The first-order valence-corrected chi connectivity index (χ1v) is 12.1. The molecule has 4 rings (SSSR count). The number of carboxylic acid groups (broad SMARTS) is 1. The van der Waals surface area contributed by atoms with Gasteiger partial charge in [0.2, 0.25) is 0 Å². The van der Waals surface area contributed by atoms with Crippen molar-refractivity contribution in [3.8, 4) is 16.9 Å². The minimum absolute atomic E-state index is 0.132. The number of carbonyl (C=O) groups is 2. The minimum Gasteiger partial charge on any atom is -0.496 e. The second kappa shape index (κ2) is 10.6. The smallest absolute Gasteiger partial charge is 0.326 e. The van der Waals surface area contributed by atoms with Gasteiger partial charge in [-0.15, -0.1) is 0 Å². The van der Waals surface area contributed by atoms with Gasteiger partial charge in [-0.25, -0.2) is 9.78 Å². The Balaban J connectivity index is 1.50. The lowest BCUT2D eigenvalue weighted by Gasteiger charge is -2.18. The van der Waals surface area contributed by atoms with Crippen molar-refractivity contribution >= 4 is 44.2 Å². The summed E-state index contributed by atoms with van der Waals surface area (Å²) in [6, 6.07) is 20.2. The molecule has 0 aliphatic heterocycles. The Hall–Kier alpha value is -3.91. The van der Waals surface area contributed by atoms with Crippen molar-refractivity contribution in [1.82, 2.24) is 10.3 Å². The molecule has 0 bridgehead atoms. The van der Waals surface area contributed by atoms with Gasteiger partial charge in [-0.1, -0.05) is 55.5 Å². The van der Waals surface area contributed by atoms with E-state index in [1.165, 1.54) is 7.11 Å². The zero-order valence-electron chi connectivity index (χ0n) is 19.7. The summed E-state index contributed by atoms with van der Waals surface area (Å²) in [5, 5.41) is 16.2. The molecule has 7 nitrogen and oxygen atoms in total. The van der Waals surface area contributed by atoms with Crippen molar-refractivity contribution in [2.24, 2.45) is 5.92 Å². The molecular weight excluding hydrogens is 462 g/mol. The van der Waals surface area contributed by atoms with Crippen LogP contribution >= 0.6 is 11.3 Å². The van der Waals surface area contributed by atoms with Crippen molar-refractivity contribution in [3.05, 3.63) is 72.3 Å². The van der Waals surface area contributed by atoms with Crippen LogP contribution in [-0.4, -0.2) is 35.1 Å². The molecule has 35 heavy (non-hydrogen) atoms. The monoisotopic (exact) mass is 489 g/mol. The van der Waals surface area contributed by atoms with E-state index >= 15 is 0 Å². The number of fused-ring (bicyclic) bond motifs is 1. The number of para-hydroxylation sites is 1. The van der Waals surface area contributed by atoms with Crippen molar-refractivity contribution in [2.45, 2.75) is 26.3 Å². The lowest BCUT2D eigenvalue weighted by Crippen LogP contribution is -2.41. The van der Waals surface area contributed by atoms with Gasteiger partial charge in [0, 0.05) is 5.69 Å². The van der Waals surface area contributed by atoms with Crippen molar-refractivity contribution < 1.29 is 19.4 Å². The molecule has 180 valence electrons. The van der Waals surface area contributed by atoms with Crippen molar-refractivity contribution in [1.29, 1.82) is 0 Å². The van der Waals surface area contributed by atoms with E-state index in [-0.39, 0.29) is 5.92 Å². The molecule has 1 aromatic heterocycles. The lowest BCUT2D eigenvalue weighted by atomic mass is 10.0. The third-order valence-corrected chi connectivity index (χ3v) is 6.47. The number of thiazole rings is 1. The van der Waals surface area contributed by atoms with Crippen LogP contribution in [0, 0.1) is 5.92 Å². The van der Waals surface area contributed by atoms with E-state index in [1.807, 2.05) is 68.4 Å². The molecule has 0 aliphatic rings. The molecule has 0 radical (unpaired) electrons. The molecule has 0 aliphatic carbocycles. The van der Waals surface area contributed by atoms with Gasteiger partial charge < -0.3 is 20.5 Å². The van der Waals surface area contributed by atoms with Crippen molar-refractivity contribution in [2.75, 3.05) is 12.4 Å². The number of nitrogens with zero attached hydrogens (tertiary/aromatic N) is 1. The van der Waals surface area contributed by atoms with Crippen molar-refractivity contribution in [3.63, 3.8) is 0 Å². The Morgan fingerprint density at radius 2 is 1.74 bits per heavy atom. The first-order chi connectivity index (χ1) is 16.8. The predicted molar refractivity (Wildman–Crippen MR) is 140 cm³/mol. The molecule has 4 aromatic rings. The molecule has 0 saturated heterocycles. The molecule has 1 heterocycles. The minimum atomic E-state index is -1.05. The van der Waals surface area contributed by atoms with Gasteiger partial charge in [0.25, 0.3) is 5.91 Å². The first kappa shape index (κ1) is 24.2. The van der Waals surface area contributed by atoms with E-state index < -0.39 is 17.9 Å². The molecule has 0 fully saturated rings. The van der Waals surface area contributed by atoms with Gasteiger partial charge in [0.05, 0.1) is 22.9 Å². The molecule has 3 aromatic carbocycles. The number of rotatable bonds is 9. The maximum atomic E-state index is 12.8. The fourth-order valence-corrected chi connectivity index (χ4v) is 4.67. The second-order valence-electron chi connectivity index (χ2n) is 8.60. The number of nitrogens with one attached hydrogen (secondary N) is 2. The molecule has 1 atom stereocenters. The zero-order chi connectivity index (χ0) is 24.9. The van der Waals surface area contributed by atoms with Crippen LogP contribution in [0.2, 0.25) is 0 Å². The van der Waals surface area contributed by atoms with E-state index in [1.54, 1.807) is 23.5 Å². The summed E-state index contributed by atoms with van der Waals surface area (Å²) < 4.78 is 6.58. The average Bonchev–Trinajstić information content (AvgIpc) is 3.25. The molecule has 0 saturated carbocycles. The highest BCUT2D eigenvalue weighted by Crippen LogP contribution is 2.31. The molecule has 3 N–H and O–H groups in total. The predicted octanol–water partition coefficient (Wildman–Crippen LogP) is 5.94. The summed E-state index contributed by atoms with van der Waals surface area (Å²) in [6.45, 7) is 3.83. The Morgan fingerprint density at radius 1 is 1.03 bits per heavy atom. The maximum absolute atomic E-state index is 12.8. The number of aromatic nitrogens is 1. The third-order valence-electron chi connectivity index (χ3n) is 5.52. The third kappa shape index (κ3) is 5.78. The summed E-state index contributed by atoms with van der Waals surface area (Å²) in [5.74, 6) is -1.02. The van der Waals surface area contributed by atoms with Crippen LogP contribution in [0.25, 0.3) is 21.3 Å². The molecule has 8 heteroatoms. The van der Waals surface area contributed by atoms with E-state index in [9.17, 15) is 14.7 Å². The number of aliphatic carboxylic acids is 1. The number of ether oxygens (including phenoxy) is 1. The van der Waals surface area contributed by atoms with E-state index in [0.29, 0.717) is 17.7 Å². The number of benzene rings is 3. The second-order valence-corrected chi connectivity index (χ2v) is 9.63. The highest BCUT2D eigenvalue weighted by atomic mass is 32.1. The summed E-state index contributed by atoms with van der Waals surface area (Å²) in [5.41, 5.74) is 4.00. The Morgan fingerprint density at radius 3 is 2.40 bits per heavy atom. The van der Waals surface area contributed by atoms with Crippen LogP contribution in [0.4, 0.5) is 10.8 Å². The highest BCUT2D eigenvalue weighted by Gasteiger charge is 2.23. The molecular formula is C27H27N3O4S. The molecule has 0 unspecified atom stereocenters. The Kier molecular flexibility index (Phi) is 7.31. The Bertz CT molecular complexity index is 1320. The Labute approximate surface area is 207 Å². The zero-order valence-corrected chi connectivity index (χ0v) is 20.6. The van der Waals surface area contributed by atoms with Crippen LogP contribution in [0.1, 0.15) is 30.6 Å². The average molecular weight is 490 g/mol. The van der Waals surface area contributed by atoms with E-state index in [4.69, 9.17) is 4.74 Å². The fourth-order valence-electron chi connectivity index (χ4n) is 3.78. The highest BCUT2D eigenvalue weighted by molar-refractivity contribution is 7.22. The molecule has 0 spiro atoms. The number of carbonyl (C=O) groups excluding carboxylic acids is 1. The van der Waals surface area contributed by atoms with Crippen LogP contribution in [-0.2, 0) is 4.79 Å².